The molecule has 0 amide bonds. The molecule has 3 N–H and O–H groups in total. The van der Waals surface area contributed by atoms with Gasteiger partial charge < -0.3 is 11.1 Å². The molecule has 0 aromatic carbocycles. The van der Waals surface area contributed by atoms with Crippen LogP contribution in [0, 0.1) is 0 Å². The Balaban J connectivity index is 2.70. The SMILES string of the molecule is CNc1nc(N)nc2cc(C(F)(F)F)cnc12. The van der Waals surface area contributed by atoms with Crippen molar-refractivity contribution in [1.82, 2.24) is 15.0 Å². The van der Waals surface area contributed by atoms with Crippen molar-refractivity contribution < 1.29 is 13.2 Å². The second kappa shape index (κ2) is 3.72. The number of hydrogen-bond donors (Lipinski definition) is 2. The molecule has 0 fully saturated rings. The summed E-state index contributed by atoms with van der Waals surface area (Å²) in [6.07, 6.45) is -3.72. The van der Waals surface area contributed by atoms with Crippen LogP contribution in [0.3, 0.4) is 0 Å². The Bertz CT molecular complexity index is 566. The van der Waals surface area contributed by atoms with Crippen molar-refractivity contribution in [3.63, 3.8) is 0 Å². The average Bonchev–Trinajstić information content (AvgIpc) is 2.25. The molecule has 0 saturated carbocycles. The van der Waals surface area contributed by atoms with Crippen LogP contribution >= 0.6 is 0 Å². The number of nitrogens with zero attached hydrogens (tertiary/aromatic N) is 3. The van der Waals surface area contributed by atoms with Crippen LogP contribution in [0.25, 0.3) is 11.0 Å². The predicted octanol–water partition coefficient (Wildman–Crippen LogP) is 1.67. The second-order valence-electron chi connectivity index (χ2n) is 3.27. The van der Waals surface area contributed by atoms with Crippen molar-refractivity contribution >= 4 is 22.8 Å². The number of halogens is 3. The van der Waals surface area contributed by atoms with Crippen molar-refractivity contribution in [2.75, 3.05) is 18.1 Å². The first-order valence-corrected chi connectivity index (χ1v) is 4.60. The van der Waals surface area contributed by atoms with E-state index in [9.17, 15) is 13.2 Å². The Morgan fingerprint density at radius 2 is 2.00 bits per heavy atom. The third-order valence-electron chi connectivity index (χ3n) is 2.12. The molecule has 0 aliphatic heterocycles. The van der Waals surface area contributed by atoms with Gasteiger partial charge in [-0.1, -0.05) is 0 Å². The lowest BCUT2D eigenvalue weighted by Gasteiger charge is -2.08. The van der Waals surface area contributed by atoms with Crippen LogP contribution in [0.15, 0.2) is 12.3 Å². The van der Waals surface area contributed by atoms with Crippen LogP contribution in [-0.4, -0.2) is 22.0 Å². The molecular weight excluding hydrogens is 235 g/mol. The number of pyridine rings is 1. The van der Waals surface area contributed by atoms with E-state index in [0.717, 1.165) is 12.3 Å². The van der Waals surface area contributed by atoms with E-state index in [1.165, 1.54) is 0 Å². The van der Waals surface area contributed by atoms with Gasteiger partial charge in [0.25, 0.3) is 0 Å². The number of nitrogen functional groups attached to an aromatic ring is 1. The summed E-state index contributed by atoms with van der Waals surface area (Å²) in [5.41, 5.74) is 4.82. The fourth-order valence-corrected chi connectivity index (χ4v) is 1.37. The fraction of sp³-hybridized carbons (Fsp3) is 0.222. The molecule has 90 valence electrons. The van der Waals surface area contributed by atoms with Crippen LogP contribution < -0.4 is 11.1 Å². The van der Waals surface area contributed by atoms with E-state index in [0.29, 0.717) is 5.82 Å². The molecule has 0 aliphatic rings. The molecule has 0 radical (unpaired) electrons. The minimum absolute atomic E-state index is 0.0525. The number of anilines is 2. The van der Waals surface area contributed by atoms with E-state index in [1.54, 1.807) is 7.05 Å². The van der Waals surface area contributed by atoms with Gasteiger partial charge in [-0.25, -0.2) is 4.98 Å². The van der Waals surface area contributed by atoms with Gasteiger partial charge in [0.15, 0.2) is 5.82 Å². The maximum Gasteiger partial charge on any atom is 0.417 e. The highest BCUT2D eigenvalue weighted by Gasteiger charge is 2.31. The molecule has 2 aromatic rings. The molecule has 0 saturated heterocycles. The predicted molar refractivity (Wildman–Crippen MR) is 56.3 cm³/mol. The number of nitrogens with one attached hydrogen (secondary N) is 1. The van der Waals surface area contributed by atoms with Gasteiger partial charge in [-0.3, -0.25) is 4.98 Å². The maximum atomic E-state index is 12.5. The van der Waals surface area contributed by atoms with E-state index >= 15 is 0 Å². The van der Waals surface area contributed by atoms with Crippen molar-refractivity contribution in [3.05, 3.63) is 17.8 Å². The Morgan fingerprint density at radius 1 is 1.29 bits per heavy atom. The molecule has 0 spiro atoms. The summed E-state index contributed by atoms with van der Waals surface area (Å²) in [6.45, 7) is 0. The van der Waals surface area contributed by atoms with E-state index in [4.69, 9.17) is 5.73 Å². The summed E-state index contributed by atoms with van der Waals surface area (Å²) in [5, 5.41) is 2.69. The number of hydrogen-bond acceptors (Lipinski definition) is 5. The first-order valence-electron chi connectivity index (χ1n) is 4.60. The first-order chi connectivity index (χ1) is 7.91. The third kappa shape index (κ3) is 2.05. The van der Waals surface area contributed by atoms with E-state index < -0.39 is 11.7 Å². The van der Waals surface area contributed by atoms with Crippen molar-refractivity contribution in [1.29, 1.82) is 0 Å². The fourth-order valence-electron chi connectivity index (χ4n) is 1.37. The maximum absolute atomic E-state index is 12.5. The molecule has 0 atom stereocenters. The molecule has 8 heteroatoms. The van der Waals surface area contributed by atoms with Gasteiger partial charge in [-0.2, -0.15) is 18.2 Å². The largest absolute Gasteiger partial charge is 0.417 e. The minimum Gasteiger partial charge on any atom is -0.371 e. The highest BCUT2D eigenvalue weighted by molar-refractivity contribution is 5.86. The Hall–Kier alpha value is -2.12. The highest BCUT2D eigenvalue weighted by Crippen LogP contribution is 2.31. The minimum atomic E-state index is -4.46. The first kappa shape index (κ1) is 11.4. The van der Waals surface area contributed by atoms with Gasteiger partial charge >= 0.3 is 6.18 Å². The summed E-state index contributed by atoms with van der Waals surface area (Å²) in [7, 11) is 1.57. The highest BCUT2D eigenvalue weighted by atomic mass is 19.4. The topological polar surface area (TPSA) is 76.7 Å². The van der Waals surface area contributed by atoms with E-state index in [2.05, 4.69) is 20.3 Å². The second-order valence-corrected chi connectivity index (χ2v) is 3.27. The van der Waals surface area contributed by atoms with Crippen LogP contribution in [0.2, 0.25) is 0 Å². The summed E-state index contributed by atoms with van der Waals surface area (Å²) in [6, 6.07) is 0.890. The molecule has 17 heavy (non-hydrogen) atoms. The number of aromatic nitrogens is 3. The zero-order valence-corrected chi connectivity index (χ0v) is 8.71. The number of alkyl halides is 3. The molecule has 5 nitrogen and oxygen atoms in total. The summed E-state index contributed by atoms with van der Waals surface area (Å²) in [4.78, 5) is 11.2. The zero-order valence-electron chi connectivity index (χ0n) is 8.71. The van der Waals surface area contributed by atoms with Gasteiger partial charge in [0.05, 0.1) is 11.1 Å². The van der Waals surface area contributed by atoms with Crippen molar-refractivity contribution in [2.45, 2.75) is 6.18 Å². The Labute approximate surface area is 93.9 Å². The van der Waals surface area contributed by atoms with Gasteiger partial charge in [-0.15, -0.1) is 0 Å². The van der Waals surface area contributed by atoms with Gasteiger partial charge in [0, 0.05) is 13.2 Å². The molecule has 2 rings (SSSR count). The standard InChI is InChI=1S/C9H8F3N5/c1-14-7-6-5(16-8(13)17-7)2-4(3-15-6)9(10,11)12/h2-3H,1H3,(H3,13,14,16,17). The molecule has 2 heterocycles. The van der Waals surface area contributed by atoms with Crippen molar-refractivity contribution in [2.24, 2.45) is 0 Å². The smallest absolute Gasteiger partial charge is 0.371 e. The summed E-state index contributed by atoms with van der Waals surface area (Å²) in [5.74, 6) is 0.184. The van der Waals surface area contributed by atoms with Crippen LogP contribution in [0.1, 0.15) is 5.56 Å². The summed E-state index contributed by atoms with van der Waals surface area (Å²) < 4.78 is 37.4. The van der Waals surface area contributed by atoms with Crippen LogP contribution in [0.5, 0.6) is 0 Å². The average molecular weight is 243 g/mol. The lowest BCUT2D eigenvalue weighted by Crippen LogP contribution is -2.07. The van der Waals surface area contributed by atoms with E-state index in [1.807, 2.05) is 0 Å². The van der Waals surface area contributed by atoms with Crippen LogP contribution in [-0.2, 0) is 6.18 Å². The lowest BCUT2D eigenvalue weighted by molar-refractivity contribution is -0.137. The number of nitrogens with two attached hydrogens (primary N) is 1. The molecule has 0 unspecified atom stereocenters. The summed E-state index contributed by atoms with van der Waals surface area (Å²) >= 11 is 0. The Kier molecular flexibility index (Phi) is 2.49. The Morgan fingerprint density at radius 3 is 2.59 bits per heavy atom. The lowest BCUT2D eigenvalue weighted by atomic mass is 10.2. The monoisotopic (exact) mass is 243 g/mol. The third-order valence-corrected chi connectivity index (χ3v) is 2.12. The number of rotatable bonds is 1. The molecule has 0 aliphatic carbocycles. The molecule has 2 aromatic heterocycles. The van der Waals surface area contributed by atoms with Crippen molar-refractivity contribution in [3.8, 4) is 0 Å². The van der Waals surface area contributed by atoms with Gasteiger partial charge in [0.1, 0.15) is 5.52 Å². The number of fused-ring (bicyclic) bond motifs is 1. The quantitative estimate of drug-likeness (QED) is 0.796. The normalized spacial score (nSPS) is 11.8. The van der Waals surface area contributed by atoms with Gasteiger partial charge in [-0.05, 0) is 6.07 Å². The van der Waals surface area contributed by atoms with Gasteiger partial charge in [0.2, 0.25) is 5.95 Å². The molecule has 0 bridgehead atoms. The molecular formula is C9H8F3N5. The van der Waals surface area contributed by atoms with Crippen LogP contribution in [0.4, 0.5) is 24.9 Å². The van der Waals surface area contributed by atoms with E-state index in [-0.39, 0.29) is 17.0 Å². The zero-order chi connectivity index (χ0) is 12.6.